The van der Waals surface area contributed by atoms with Crippen LogP contribution in [0.3, 0.4) is 0 Å². The number of nitrogens with zero attached hydrogens (tertiary/aromatic N) is 3. The second-order valence-electron chi connectivity index (χ2n) is 8.91. The van der Waals surface area contributed by atoms with Gasteiger partial charge in [-0.05, 0) is 62.1 Å². The normalized spacial score (nSPS) is 18.4. The van der Waals surface area contributed by atoms with Crippen molar-refractivity contribution in [2.75, 3.05) is 26.2 Å². The number of benzene rings is 2. The lowest BCUT2D eigenvalue weighted by atomic mass is 9.94. The predicted molar refractivity (Wildman–Crippen MR) is 119 cm³/mol. The number of piperidine rings is 1. The Morgan fingerprint density at radius 3 is 2.65 bits per heavy atom. The van der Waals surface area contributed by atoms with Gasteiger partial charge in [-0.3, -0.25) is 0 Å². The van der Waals surface area contributed by atoms with E-state index in [-0.39, 0.29) is 6.03 Å². The summed E-state index contributed by atoms with van der Waals surface area (Å²) in [5.41, 5.74) is 4.48. The number of H-pyrrole nitrogens is 1. The fourth-order valence-electron chi connectivity index (χ4n) is 4.43. The van der Waals surface area contributed by atoms with Gasteiger partial charge in [-0.1, -0.05) is 12.1 Å². The molecule has 5 rings (SSSR count). The Morgan fingerprint density at radius 2 is 1.84 bits per heavy atom. The molecule has 2 aliphatic rings. The predicted octanol–water partition coefficient (Wildman–Crippen LogP) is 3.70. The van der Waals surface area contributed by atoms with E-state index in [1.54, 1.807) is 0 Å². The van der Waals surface area contributed by atoms with Gasteiger partial charge in [-0.15, -0.1) is 0 Å². The van der Waals surface area contributed by atoms with Crippen molar-refractivity contribution in [1.29, 1.82) is 0 Å². The van der Waals surface area contributed by atoms with Crippen molar-refractivity contribution < 1.29 is 14.6 Å². The van der Waals surface area contributed by atoms with Gasteiger partial charge in [-0.25, -0.2) is 9.78 Å². The van der Waals surface area contributed by atoms with E-state index in [0.29, 0.717) is 45.6 Å². The fourth-order valence-corrected chi connectivity index (χ4v) is 4.43. The van der Waals surface area contributed by atoms with Crippen LogP contribution < -0.4 is 4.74 Å². The van der Waals surface area contributed by atoms with Gasteiger partial charge in [0, 0.05) is 18.7 Å². The molecule has 0 atom stereocenters. The van der Waals surface area contributed by atoms with Gasteiger partial charge < -0.3 is 24.6 Å². The molecular weight excluding hydrogens is 392 g/mol. The summed E-state index contributed by atoms with van der Waals surface area (Å²) in [4.78, 5) is 24.6. The first kappa shape index (κ1) is 19.9. The number of hydrogen-bond donors (Lipinski definition) is 2. The molecule has 0 bridgehead atoms. The summed E-state index contributed by atoms with van der Waals surface area (Å²) in [6, 6.07) is 12.4. The fraction of sp³-hybridized carbons (Fsp3) is 0.417. The number of fused-ring (bicyclic) bond motifs is 2. The van der Waals surface area contributed by atoms with Crippen molar-refractivity contribution in [1.82, 2.24) is 19.8 Å². The van der Waals surface area contributed by atoms with Gasteiger partial charge in [0.05, 0.1) is 29.7 Å². The summed E-state index contributed by atoms with van der Waals surface area (Å²) >= 11 is 0. The molecule has 0 unspecified atom stereocenters. The van der Waals surface area contributed by atoms with Crippen molar-refractivity contribution in [3.05, 3.63) is 47.8 Å². The van der Waals surface area contributed by atoms with E-state index in [0.717, 1.165) is 39.3 Å². The maximum atomic E-state index is 13.1. The zero-order valence-corrected chi connectivity index (χ0v) is 18.0. The lowest BCUT2D eigenvalue weighted by Gasteiger charge is -2.38. The van der Waals surface area contributed by atoms with E-state index in [2.05, 4.69) is 34.2 Å². The Morgan fingerprint density at radius 1 is 1.10 bits per heavy atom. The van der Waals surface area contributed by atoms with Crippen LogP contribution in [-0.2, 0) is 6.54 Å². The zero-order valence-electron chi connectivity index (χ0n) is 18.0. The number of carbonyl (C=O) groups is 1. The molecule has 3 heterocycles. The number of urea groups is 1. The molecule has 2 aliphatic heterocycles. The van der Waals surface area contributed by atoms with Crippen LogP contribution in [0.2, 0.25) is 0 Å². The van der Waals surface area contributed by atoms with Crippen molar-refractivity contribution in [3.63, 3.8) is 0 Å². The summed E-state index contributed by atoms with van der Waals surface area (Å²) in [6.45, 7) is 6.50. The molecule has 0 aliphatic carbocycles. The SMILES string of the molecule is Cc1nc2ccc(-c3ccc4c(c3)CN(C(=O)N3CCC(C)(O)CC3)CCO4)cc2[nH]1. The van der Waals surface area contributed by atoms with Gasteiger partial charge in [0.2, 0.25) is 0 Å². The molecule has 162 valence electrons. The van der Waals surface area contributed by atoms with Gasteiger partial charge >= 0.3 is 6.03 Å². The van der Waals surface area contributed by atoms with Crippen LogP contribution in [0.5, 0.6) is 5.75 Å². The Balaban J connectivity index is 1.39. The molecule has 2 N–H and O–H groups in total. The highest BCUT2D eigenvalue weighted by Crippen LogP contribution is 2.31. The molecule has 31 heavy (non-hydrogen) atoms. The molecular formula is C24H28N4O3. The van der Waals surface area contributed by atoms with Gasteiger partial charge in [0.15, 0.2) is 0 Å². The first-order valence-electron chi connectivity index (χ1n) is 10.9. The molecule has 1 fully saturated rings. The Hall–Kier alpha value is -3.06. The first-order chi connectivity index (χ1) is 14.9. The molecule has 7 heteroatoms. The Labute approximate surface area is 181 Å². The lowest BCUT2D eigenvalue weighted by molar-refractivity contribution is 0.000212. The second-order valence-corrected chi connectivity index (χ2v) is 8.91. The van der Waals surface area contributed by atoms with E-state index >= 15 is 0 Å². The van der Waals surface area contributed by atoms with Crippen molar-refractivity contribution in [2.45, 2.75) is 38.8 Å². The maximum Gasteiger partial charge on any atom is 0.320 e. The molecule has 3 aromatic rings. The second kappa shape index (κ2) is 7.57. The summed E-state index contributed by atoms with van der Waals surface area (Å²) in [5.74, 6) is 1.73. The molecule has 2 aromatic carbocycles. The van der Waals surface area contributed by atoms with Crippen LogP contribution >= 0.6 is 0 Å². The number of aryl methyl sites for hydroxylation is 1. The Kier molecular flexibility index (Phi) is 4.85. The number of nitrogens with one attached hydrogen (secondary N) is 1. The number of aliphatic hydroxyl groups is 1. The third-order valence-electron chi connectivity index (χ3n) is 6.36. The molecule has 1 aromatic heterocycles. The van der Waals surface area contributed by atoms with Gasteiger partial charge in [-0.2, -0.15) is 0 Å². The van der Waals surface area contributed by atoms with Crippen LogP contribution in [0.15, 0.2) is 36.4 Å². The molecule has 1 saturated heterocycles. The van der Waals surface area contributed by atoms with Gasteiger partial charge in [0.25, 0.3) is 0 Å². The number of carbonyl (C=O) groups excluding carboxylic acids is 1. The van der Waals surface area contributed by atoms with Crippen LogP contribution in [0.1, 0.15) is 31.2 Å². The van der Waals surface area contributed by atoms with Crippen molar-refractivity contribution in [2.24, 2.45) is 0 Å². The van der Waals surface area contributed by atoms with Crippen LogP contribution in [0, 0.1) is 6.92 Å². The van der Waals surface area contributed by atoms with Crippen LogP contribution in [0.4, 0.5) is 4.79 Å². The number of aromatic amines is 1. The average Bonchev–Trinajstić information content (AvgIpc) is 2.98. The van der Waals surface area contributed by atoms with Crippen LogP contribution in [0.25, 0.3) is 22.2 Å². The number of amides is 2. The summed E-state index contributed by atoms with van der Waals surface area (Å²) in [5, 5.41) is 10.2. The quantitative estimate of drug-likeness (QED) is 0.629. The number of hydrogen-bond acceptors (Lipinski definition) is 4. The smallest absolute Gasteiger partial charge is 0.320 e. The summed E-state index contributed by atoms with van der Waals surface area (Å²) < 4.78 is 5.95. The zero-order chi connectivity index (χ0) is 21.6. The lowest BCUT2D eigenvalue weighted by Crippen LogP contribution is -2.50. The van der Waals surface area contributed by atoms with Crippen LogP contribution in [-0.4, -0.2) is 62.7 Å². The van der Waals surface area contributed by atoms with E-state index in [9.17, 15) is 9.90 Å². The molecule has 7 nitrogen and oxygen atoms in total. The number of rotatable bonds is 1. The van der Waals surface area contributed by atoms with Crippen molar-refractivity contribution >= 4 is 17.1 Å². The highest BCUT2D eigenvalue weighted by Gasteiger charge is 2.32. The highest BCUT2D eigenvalue weighted by atomic mass is 16.5. The summed E-state index contributed by atoms with van der Waals surface area (Å²) in [7, 11) is 0. The number of likely N-dealkylation sites (tertiary alicyclic amines) is 1. The highest BCUT2D eigenvalue weighted by molar-refractivity contribution is 5.82. The van der Waals surface area contributed by atoms with E-state index in [1.807, 2.05) is 35.8 Å². The minimum atomic E-state index is -0.672. The van der Waals surface area contributed by atoms with E-state index < -0.39 is 5.60 Å². The van der Waals surface area contributed by atoms with E-state index in [1.165, 1.54) is 0 Å². The maximum absolute atomic E-state index is 13.1. The first-order valence-corrected chi connectivity index (χ1v) is 10.9. The minimum Gasteiger partial charge on any atom is -0.491 e. The third kappa shape index (κ3) is 3.97. The minimum absolute atomic E-state index is 0.0201. The van der Waals surface area contributed by atoms with Gasteiger partial charge in [0.1, 0.15) is 18.2 Å². The van der Waals surface area contributed by atoms with E-state index in [4.69, 9.17) is 4.74 Å². The summed E-state index contributed by atoms with van der Waals surface area (Å²) in [6.07, 6.45) is 1.22. The third-order valence-corrected chi connectivity index (χ3v) is 6.36. The monoisotopic (exact) mass is 420 g/mol. The molecule has 0 saturated carbocycles. The number of imidazole rings is 1. The average molecular weight is 421 g/mol. The topological polar surface area (TPSA) is 81.7 Å². The molecule has 0 radical (unpaired) electrons. The van der Waals surface area contributed by atoms with Crippen molar-refractivity contribution in [3.8, 4) is 16.9 Å². The Bertz CT molecular complexity index is 1130. The molecule has 0 spiro atoms. The number of aromatic nitrogens is 2. The largest absolute Gasteiger partial charge is 0.491 e. The molecule has 2 amide bonds. The standard InChI is InChI=1S/C24H28N4O3/c1-16-25-20-5-3-18(14-21(20)26-16)17-4-6-22-19(13-17)15-28(11-12-31-22)23(29)27-9-7-24(2,30)8-10-27/h3-6,13-14,30H,7-12,15H2,1-2H3,(H,25,26). The number of ether oxygens (including phenoxy) is 1.